The molecule has 1 aliphatic rings. The molecule has 2 rings (SSSR count). The van der Waals surface area contributed by atoms with Crippen LogP contribution in [0.2, 0.25) is 0 Å². The molecule has 6 nitrogen and oxygen atoms in total. The Bertz CT molecular complexity index is 540. The van der Waals surface area contributed by atoms with E-state index in [0.29, 0.717) is 4.90 Å². The highest BCUT2D eigenvalue weighted by Crippen LogP contribution is 2.26. The zero-order valence-corrected chi connectivity index (χ0v) is 10.5. The summed E-state index contributed by atoms with van der Waals surface area (Å²) in [4.78, 5) is 36.0. The minimum atomic E-state index is -1.60. The standard InChI is InChI=1S/C13H13FN2O4/c14-7(6-15)5-10(13(19)20)16-11(17)8-3-1-2-4-9(8)12(16)18/h1-4,7,10H,5-6,15H2,(H,19,20)/t7?,10-/m0/s1. The zero-order chi connectivity index (χ0) is 14.9. The fraction of sp³-hybridized carbons (Fsp3) is 0.308. The number of carbonyl (C=O) groups is 3. The molecule has 0 radical (unpaired) electrons. The van der Waals surface area contributed by atoms with Gasteiger partial charge in [0.05, 0.1) is 11.1 Å². The van der Waals surface area contributed by atoms with Crippen molar-refractivity contribution in [1.29, 1.82) is 0 Å². The summed E-state index contributed by atoms with van der Waals surface area (Å²) in [5, 5.41) is 9.14. The summed E-state index contributed by atoms with van der Waals surface area (Å²) in [6.45, 7) is -0.368. The number of imide groups is 1. The van der Waals surface area contributed by atoms with Gasteiger partial charge in [0.2, 0.25) is 0 Å². The maximum absolute atomic E-state index is 13.3. The second-order valence-electron chi connectivity index (χ2n) is 4.45. The fourth-order valence-corrected chi connectivity index (χ4v) is 2.15. The van der Waals surface area contributed by atoms with E-state index in [1.807, 2.05) is 0 Å². The van der Waals surface area contributed by atoms with Crippen molar-refractivity contribution < 1.29 is 23.9 Å². The molecule has 1 aromatic rings. The third-order valence-corrected chi connectivity index (χ3v) is 3.16. The van der Waals surface area contributed by atoms with E-state index in [4.69, 9.17) is 10.8 Å². The number of nitrogens with zero attached hydrogens (tertiary/aromatic N) is 1. The van der Waals surface area contributed by atoms with Crippen molar-refractivity contribution >= 4 is 17.8 Å². The molecule has 2 amide bonds. The van der Waals surface area contributed by atoms with Crippen molar-refractivity contribution in [2.45, 2.75) is 18.6 Å². The number of alkyl halides is 1. The average Bonchev–Trinajstić information content (AvgIpc) is 2.69. The van der Waals surface area contributed by atoms with Crippen LogP contribution in [-0.4, -0.2) is 46.5 Å². The predicted octanol–water partition coefficient (Wildman–Crippen LogP) is 0.423. The summed E-state index contributed by atoms with van der Waals surface area (Å²) in [7, 11) is 0. The molecule has 1 aliphatic heterocycles. The first-order valence-corrected chi connectivity index (χ1v) is 6.01. The van der Waals surface area contributed by atoms with E-state index in [1.54, 1.807) is 12.1 Å². The number of carboxylic acid groups (broad SMARTS) is 1. The van der Waals surface area contributed by atoms with Gasteiger partial charge in [-0.2, -0.15) is 0 Å². The van der Waals surface area contributed by atoms with E-state index in [0.717, 1.165) is 0 Å². The summed E-state index contributed by atoms with van der Waals surface area (Å²) in [6, 6.07) is 4.46. The molecular weight excluding hydrogens is 267 g/mol. The molecular formula is C13H13FN2O4. The van der Waals surface area contributed by atoms with Gasteiger partial charge in [-0.1, -0.05) is 12.1 Å². The third kappa shape index (κ3) is 2.27. The van der Waals surface area contributed by atoms with Crippen LogP contribution < -0.4 is 5.73 Å². The van der Waals surface area contributed by atoms with E-state index in [9.17, 15) is 18.8 Å². The number of carbonyl (C=O) groups excluding carboxylic acids is 2. The van der Waals surface area contributed by atoms with E-state index >= 15 is 0 Å². The summed E-state index contributed by atoms with van der Waals surface area (Å²) >= 11 is 0. The molecule has 0 saturated heterocycles. The number of halogens is 1. The molecule has 0 bridgehead atoms. The number of hydrogen-bond donors (Lipinski definition) is 2. The molecule has 0 aromatic heterocycles. The smallest absolute Gasteiger partial charge is 0.327 e. The van der Waals surface area contributed by atoms with Crippen molar-refractivity contribution in [3.63, 3.8) is 0 Å². The van der Waals surface area contributed by atoms with Crippen LogP contribution in [-0.2, 0) is 4.79 Å². The van der Waals surface area contributed by atoms with Gasteiger partial charge < -0.3 is 10.8 Å². The van der Waals surface area contributed by atoms with Crippen LogP contribution in [0.25, 0.3) is 0 Å². The molecule has 106 valence electrons. The molecule has 20 heavy (non-hydrogen) atoms. The van der Waals surface area contributed by atoms with Crippen molar-refractivity contribution in [1.82, 2.24) is 4.90 Å². The Morgan fingerprint density at radius 2 is 1.75 bits per heavy atom. The second kappa shape index (κ2) is 5.38. The number of rotatable bonds is 5. The summed E-state index contributed by atoms with van der Waals surface area (Å²) in [5.74, 6) is -2.87. The SMILES string of the molecule is NCC(F)C[C@@H](C(=O)O)N1C(=O)c2ccccc2C1=O. The van der Waals surface area contributed by atoms with E-state index < -0.39 is 36.4 Å². The number of aliphatic carboxylic acids is 1. The van der Waals surface area contributed by atoms with Gasteiger partial charge in [0.1, 0.15) is 12.2 Å². The number of hydrogen-bond acceptors (Lipinski definition) is 4. The normalized spacial score (nSPS) is 17.0. The first kappa shape index (κ1) is 14.1. The van der Waals surface area contributed by atoms with Crippen molar-refractivity contribution in [2.24, 2.45) is 5.73 Å². The van der Waals surface area contributed by atoms with Crippen LogP contribution in [0.1, 0.15) is 27.1 Å². The quantitative estimate of drug-likeness (QED) is 0.761. The van der Waals surface area contributed by atoms with Gasteiger partial charge in [-0.15, -0.1) is 0 Å². The van der Waals surface area contributed by atoms with Crippen LogP contribution in [0, 0.1) is 0 Å². The lowest BCUT2D eigenvalue weighted by atomic mass is 10.1. The van der Waals surface area contributed by atoms with Crippen molar-refractivity contribution in [2.75, 3.05) is 6.54 Å². The van der Waals surface area contributed by atoms with Gasteiger partial charge in [0.25, 0.3) is 11.8 Å². The maximum Gasteiger partial charge on any atom is 0.327 e. The Hall–Kier alpha value is -2.28. The highest BCUT2D eigenvalue weighted by Gasteiger charge is 2.43. The number of nitrogens with two attached hydrogens (primary N) is 1. The molecule has 3 N–H and O–H groups in total. The number of carboxylic acids is 1. The van der Waals surface area contributed by atoms with E-state index in [-0.39, 0.29) is 17.7 Å². The minimum absolute atomic E-state index is 0.131. The van der Waals surface area contributed by atoms with Crippen molar-refractivity contribution in [3.8, 4) is 0 Å². The topological polar surface area (TPSA) is 101 Å². The van der Waals surface area contributed by atoms with Crippen LogP contribution in [0.5, 0.6) is 0 Å². The van der Waals surface area contributed by atoms with Crippen molar-refractivity contribution in [3.05, 3.63) is 35.4 Å². The Morgan fingerprint density at radius 3 is 2.15 bits per heavy atom. The summed E-state index contributed by atoms with van der Waals surface area (Å²) in [5.41, 5.74) is 5.38. The lowest BCUT2D eigenvalue weighted by Gasteiger charge is -2.23. The fourth-order valence-electron chi connectivity index (χ4n) is 2.15. The van der Waals surface area contributed by atoms with Crippen LogP contribution in [0.3, 0.4) is 0 Å². The molecule has 7 heteroatoms. The largest absolute Gasteiger partial charge is 0.480 e. The molecule has 1 heterocycles. The van der Waals surface area contributed by atoms with Gasteiger partial charge in [-0.25, -0.2) is 9.18 Å². The lowest BCUT2D eigenvalue weighted by molar-refractivity contribution is -0.142. The first-order valence-electron chi connectivity index (χ1n) is 6.01. The highest BCUT2D eigenvalue weighted by molar-refractivity contribution is 6.22. The molecule has 2 atom stereocenters. The van der Waals surface area contributed by atoms with Gasteiger partial charge >= 0.3 is 5.97 Å². The maximum atomic E-state index is 13.3. The Morgan fingerprint density at radius 1 is 1.25 bits per heavy atom. The third-order valence-electron chi connectivity index (χ3n) is 3.16. The number of amides is 2. The number of benzene rings is 1. The average molecular weight is 280 g/mol. The monoisotopic (exact) mass is 280 g/mol. The minimum Gasteiger partial charge on any atom is -0.480 e. The zero-order valence-electron chi connectivity index (χ0n) is 10.5. The van der Waals surface area contributed by atoms with Gasteiger partial charge in [-0.05, 0) is 12.1 Å². The van der Waals surface area contributed by atoms with Gasteiger partial charge in [-0.3, -0.25) is 14.5 Å². The lowest BCUT2D eigenvalue weighted by Crippen LogP contribution is -2.46. The Balaban J connectivity index is 2.35. The number of fused-ring (bicyclic) bond motifs is 1. The Labute approximate surface area is 114 Å². The van der Waals surface area contributed by atoms with Crippen LogP contribution in [0.4, 0.5) is 4.39 Å². The van der Waals surface area contributed by atoms with Gasteiger partial charge in [0, 0.05) is 13.0 Å². The Kier molecular flexibility index (Phi) is 3.80. The molecule has 0 saturated carbocycles. The highest BCUT2D eigenvalue weighted by atomic mass is 19.1. The van der Waals surface area contributed by atoms with Crippen LogP contribution >= 0.6 is 0 Å². The summed E-state index contributed by atoms with van der Waals surface area (Å²) in [6.07, 6.45) is -2.11. The predicted molar refractivity (Wildman–Crippen MR) is 66.9 cm³/mol. The molecule has 1 unspecified atom stereocenters. The van der Waals surface area contributed by atoms with Gasteiger partial charge in [0.15, 0.2) is 0 Å². The van der Waals surface area contributed by atoms with E-state index in [2.05, 4.69) is 0 Å². The van der Waals surface area contributed by atoms with E-state index in [1.165, 1.54) is 12.1 Å². The summed E-state index contributed by atoms with van der Waals surface area (Å²) < 4.78 is 13.3. The second-order valence-corrected chi connectivity index (χ2v) is 4.45. The first-order chi connectivity index (χ1) is 9.47. The van der Waals surface area contributed by atoms with Crippen LogP contribution in [0.15, 0.2) is 24.3 Å². The molecule has 1 aromatic carbocycles. The molecule has 0 spiro atoms. The molecule has 0 fully saturated rings. The molecule has 0 aliphatic carbocycles.